The van der Waals surface area contributed by atoms with Crippen molar-refractivity contribution in [2.75, 3.05) is 0 Å². The van der Waals surface area contributed by atoms with E-state index in [1.54, 1.807) is 31.3 Å². The van der Waals surface area contributed by atoms with Crippen molar-refractivity contribution in [3.05, 3.63) is 61.7 Å². The van der Waals surface area contributed by atoms with Gasteiger partial charge >= 0.3 is 5.97 Å². The minimum Gasteiger partial charge on any atom is -0.452 e. The highest BCUT2D eigenvalue weighted by Crippen LogP contribution is 2.37. The summed E-state index contributed by atoms with van der Waals surface area (Å²) in [4.78, 5) is 32.5. The first-order valence-corrected chi connectivity index (χ1v) is 9.61. The number of amidine groups is 1. The van der Waals surface area contributed by atoms with Crippen molar-refractivity contribution < 1.29 is 14.3 Å². The first-order valence-electron chi connectivity index (χ1n) is 7.97. The molecular formula is C18H15Cl2N3O3S. The van der Waals surface area contributed by atoms with Crippen molar-refractivity contribution in [1.29, 1.82) is 0 Å². The van der Waals surface area contributed by atoms with Crippen LogP contribution in [0.15, 0.2) is 46.0 Å². The Morgan fingerprint density at radius 2 is 2.19 bits per heavy atom. The van der Waals surface area contributed by atoms with E-state index in [0.29, 0.717) is 38.4 Å². The highest BCUT2D eigenvalue weighted by atomic mass is 35.5. The van der Waals surface area contributed by atoms with Crippen LogP contribution in [0.3, 0.4) is 0 Å². The summed E-state index contributed by atoms with van der Waals surface area (Å²) >= 11 is 13.8. The van der Waals surface area contributed by atoms with Crippen LogP contribution in [0.4, 0.5) is 0 Å². The van der Waals surface area contributed by atoms with E-state index in [9.17, 15) is 9.59 Å². The van der Waals surface area contributed by atoms with Crippen LogP contribution in [0.25, 0.3) is 0 Å². The fourth-order valence-electron chi connectivity index (χ4n) is 2.60. The summed E-state index contributed by atoms with van der Waals surface area (Å²) in [6.45, 7) is 3.23. The fourth-order valence-corrected chi connectivity index (χ4v) is 3.70. The Morgan fingerprint density at radius 1 is 1.41 bits per heavy atom. The number of aliphatic imine (C=N–C) groups is 1. The molecule has 140 valence electrons. The third-order valence-corrected chi connectivity index (χ3v) is 5.18. The maximum atomic E-state index is 12.7. The number of halogens is 2. The molecule has 0 amide bonds. The van der Waals surface area contributed by atoms with Crippen LogP contribution in [-0.4, -0.2) is 29.2 Å². The molecule has 0 saturated carbocycles. The Bertz CT molecular complexity index is 941. The fraction of sp³-hybridized carbons (Fsp3) is 0.222. The molecule has 6 nitrogen and oxygen atoms in total. The van der Waals surface area contributed by atoms with Gasteiger partial charge in [0.2, 0.25) is 0 Å². The van der Waals surface area contributed by atoms with Gasteiger partial charge in [-0.3, -0.25) is 9.79 Å². The standard InChI is InChI=1S/C18H15Cl2N3O3S/c1-9(8-24)26-18(25)14-10(2)22-16(17-21-5-6-27-17)23-15(14)12-4-3-11(19)7-13(12)20/h3-9,15H,1-2H3,(H,22,23)/t9?,15-/m0/s1. The number of aldehydes is 1. The zero-order chi connectivity index (χ0) is 19.6. The molecule has 0 fully saturated rings. The van der Waals surface area contributed by atoms with E-state index in [-0.39, 0.29) is 5.57 Å². The predicted molar refractivity (Wildman–Crippen MR) is 105 cm³/mol. The van der Waals surface area contributed by atoms with Gasteiger partial charge in [0.25, 0.3) is 0 Å². The quantitative estimate of drug-likeness (QED) is 0.581. The molecule has 3 rings (SSSR count). The van der Waals surface area contributed by atoms with E-state index in [2.05, 4.69) is 15.3 Å². The first-order chi connectivity index (χ1) is 12.9. The Balaban J connectivity index is 2.08. The second kappa shape index (κ2) is 8.21. The largest absolute Gasteiger partial charge is 0.452 e. The molecule has 1 aromatic carbocycles. The van der Waals surface area contributed by atoms with Crippen LogP contribution in [0, 0.1) is 0 Å². The van der Waals surface area contributed by atoms with Gasteiger partial charge in [-0.25, -0.2) is 9.78 Å². The lowest BCUT2D eigenvalue weighted by atomic mass is 9.96. The number of allylic oxidation sites excluding steroid dienone is 1. The second-order valence-electron chi connectivity index (χ2n) is 5.79. The highest BCUT2D eigenvalue weighted by Gasteiger charge is 2.33. The molecule has 27 heavy (non-hydrogen) atoms. The van der Waals surface area contributed by atoms with Crippen molar-refractivity contribution >= 4 is 52.6 Å². The topological polar surface area (TPSA) is 80.7 Å². The monoisotopic (exact) mass is 423 g/mol. The SMILES string of the molecule is CC1=C(C(=O)OC(C)C=O)[C@H](c2ccc(Cl)cc2Cl)N=C(c2nccs2)N1. The Morgan fingerprint density at radius 3 is 2.81 bits per heavy atom. The molecule has 2 atom stereocenters. The normalized spacial score (nSPS) is 17.8. The number of carbonyl (C=O) groups is 2. The molecule has 0 radical (unpaired) electrons. The molecule has 9 heteroatoms. The minimum atomic E-state index is -0.872. The number of rotatable bonds is 5. The number of aromatic nitrogens is 1. The van der Waals surface area contributed by atoms with Crippen LogP contribution in [-0.2, 0) is 14.3 Å². The summed E-state index contributed by atoms with van der Waals surface area (Å²) in [6, 6.07) is 4.26. The molecule has 0 bridgehead atoms. The van der Waals surface area contributed by atoms with Crippen LogP contribution in [0.2, 0.25) is 10.0 Å². The number of benzene rings is 1. The van der Waals surface area contributed by atoms with Crippen LogP contribution >= 0.6 is 34.5 Å². The molecule has 1 aliphatic rings. The zero-order valence-corrected chi connectivity index (χ0v) is 16.7. The number of nitrogens with one attached hydrogen (secondary N) is 1. The lowest BCUT2D eigenvalue weighted by Gasteiger charge is -2.26. The van der Waals surface area contributed by atoms with Crippen LogP contribution in [0.5, 0.6) is 0 Å². The average molecular weight is 424 g/mol. The van der Waals surface area contributed by atoms with Crippen molar-refractivity contribution in [2.24, 2.45) is 4.99 Å². The van der Waals surface area contributed by atoms with E-state index in [0.717, 1.165) is 0 Å². The van der Waals surface area contributed by atoms with Crippen molar-refractivity contribution in [3.63, 3.8) is 0 Å². The lowest BCUT2D eigenvalue weighted by Crippen LogP contribution is -2.33. The number of ether oxygens (including phenoxy) is 1. The second-order valence-corrected chi connectivity index (χ2v) is 7.53. The number of hydrogen-bond donors (Lipinski definition) is 1. The highest BCUT2D eigenvalue weighted by molar-refractivity contribution is 7.11. The lowest BCUT2D eigenvalue weighted by molar-refractivity contribution is -0.147. The van der Waals surface area contributed by atoms with Gasteiger partial charge in [-0.15, -0.1) is 11.3 Å². The summed E-state index contributed by atoms with van der Waals surface area (Å²) in [5.74, 6) is -0.115. The Kier molecular flexibility index (Phi) is 5.94. The van der Waals surface area contributed by atoms with Crippen molar-refractivity contribution in [1.82, 2.24) is 10.3 Å². The minimum absolute atomic E-state index is 0.272. The molecule has 0 aliphatic carbocycles. The van der Waals surface area contributed by atoms with Gasteiger partial charge in [0.05, 0.1) is 5.57 Å². The molecule has 1 aromatic heterocycles. The number of carbonyl (C=O) groups excluding carboxylic acids is 2. The number of hydrogen-bond acceptors (Lipinski definition) is 7. The van der Waals surface area contributed by atoms with Gasteiger partial charge < -0.3 is 10.1 Å². The predicted octanol–water partition coefficient (Wildman–Crippen LogP) is 3.95. The maximum absolute atomic E-state index is 12.7. The summed E-state index contributed by atoms with van der Waals surface area (Å²) in [5, 5.41) is 6.45. The maximum Gasteiger partial charge on any atom is 0.339 e. The van der Waals surface area contributed by atoms with Gasteiger partial charge in [0, 0.05) is 32.9 Å². The molecule has 1 N–H and O–H groups in total. The Hall–Kier alpha value is -2.22. The molecule has 2 heterocycles. The van der Waals surface area contributed by atoms with E-state index in [1.165, 1.54) is 18.3 Å². The number of thiazole rings is 1. The summed E-state index contributed by atoms with van der Waals surface area (Å²) in [6.07, 6.45) is 1.35. The van der Waals surface area contributed by atoms with Gasteiger partial charge in [0.1, 0.15) is 6.04 Å². The average Bonchev–Trinajstić information content (AvgIpc) is 3.15. The molecule has 0 saturated heterocycles. The first kappa shape index (κ1) is 19.5. The zero-order valence-electron chi connectivity index (χ0n) is 14.4. The van der Waals surface area contributed by atoms with E-state index in [4.69, 9.17) is 27.9 Å². The summed E-state index contributed by atoms with van der Waals surface area (Å²) < 4.78 is 5.19. The number of esters is 1. The molecular weight excluding hydrogens is 409 g/mol. The smallest absolute Gasteiger partial charge is 0.339 e. The molecule has 2 aromatic rings. The molecule has 1 unspecified atom stereocenters. The van der Waals surface area contributed by atoms with E-state index >= 15 is 0 Å². The summed E-state index contributed by atoms with van der Waals surface area (Å²) in [5.41, 5.74) is 1.42. The van der Waals surface area contributed by atoms with Gasteiger partial charge in [0.15, 0.2) is 23.2 Å². The van der Waals surface area contributed by atoms with Crippen molar-refractivity contribution in [3.8, 4) is 0 Å². The third kappa shape index (κ3) is 4.21. The summed E-state index contributed by atoms with van der Waals surface area (Å²) in [7, 11) is 0. The van der Waals surface area contributed by atoms with Gasteiger partial charge in [-0.05, 0) is 26.0 Å². The van der Waals surface area contributed by atoms with Crippen molar-refractivity contribution in [2.45, 2.75) is 26.0 Å². The molecule has 1 aliphatic heterocycles. The van der Waals surface area contributed by atoms with Gasteiger partial charge in [-0.2, -0.15) is 0 Å². The van der Waals surface area contributed by atoms with Gasteiger partial charge in [-0.1, -0.05) is 29.3 Å². The van der Waals surface area contributed by atoms with Crippen LogP contribution < -0.4 is 5.32 Å². The van der Waals surface area contributed by atoms with E-state index in [1.807, 2.05) is 5.38 Å². The Labute approximate surface area is 169 Å². The van der Waals surface area contributed by atoms with Crippen LogP contribution in [0.1, 0.15) is 30.5 Å². The molecule has 0 spiro atoms. The number of nitrogens with zero attached hydrogens (tertiary/aromatic N) is 2. The van der Waals surface area contributed by atoms with E-state index < -0.39 is 18.1 Å². The third-order valence-electron chi connectivity index (χ3n) is 3.84.